The first kappa shape index (κ1) is 19.1. The Morgan fingerprint density at radius 1 is 1.16 bits per heavy atom. The molecule has 0 saturated heterocycles. The van der Waals surface area contributed by atoms with E-state index in [1.807, 2.05) is 0 Å². The van der Waals surface area contributed by atoms with E-state index < -0.39 is 18.3 Å². The van der Waals surface area contributed by atoms with Gasteiger partial charge in [-0.25, -0.2) is 4.39 Å². The predicted octanol–water partition coefficient (Wildman–Crippen LogP) is 3.93. The van der Waals surface area contributed by atoms with Crippen LogP contribution in [0.4, 0.5) is 13.2 Å². The van der Waals surface area contributed by atoms with Crippen LogP contribution in [-0.4, -0.2) is 25.7 Å². The summed E-state index contributed by atoms with van der Waals surface area (Å²) >= 11 is 3.12. The van der Waals surface area contributed by atoms with Gasteiger partial charge >= 0.3 is 6.61 Å². The second-order valence-electron chi connectivity index (χ2n) is 4.95. The van der Waals surface area contributed by atoms with E-state index in [1.165, 1.54) is 18.2 Å². The lowest BCUT2D eigenvalue weighted by molar-refractivity contribution is -0.123. The van der Waals surface area contributed by atoms with Crippen molar-refractivity contribution in [1.82, 2.24) is 5.32 Å². The molecule has 0 atom stereocenters. The molecular formula is C17H15BrF3NO3. The van der Waals surface area contributed by atoms with Gasteiger partial charge in [-0.3, -0.25) is 4.79 Å². The van der Waals surface area contributed by atoms with Gasteiger partial charge in [-0.15, -0.1) is 0 Å². The molecule has 1 N–H and O–H groups in total. The fraction of sp³-hybridized carbons (Fsp3) is 0.235. The summed E-state index contributed by atoms with van der Waals surface area (Å²) in [6.07, 6.45) is 0.307. The first-order chi connectivity index (χ1) is 12.0. The lowest BCUT2D eigenvalue weighted by Gasteiger charge is -2.11. The second-order valence-corrected chi connectivity index (χ2v) is 5.87. The topological polar surface area (TPSA) is 47.6 Å². The zero-order chi connectivity index (χ0) is 18.2. The summed E-state index contributed by atoms with van der Waals surface area (Å²) in [5.41, 5.74) is 0.544. The van der Waals surface area contributed by atoms with Crippen LogP contribution in [0.5, 0.6) is 11.5 Å². The maximum absolute atomic E-state index is 13.6. The molecule has 0 aliphatic carbocycles. The predicted molar refractivity (Wildman–Crippen MR) is 89.4 cm³/mol. The normalized spacial score (nSPS) is 10.6. The molecule has 0 unspecified atom stereocenters. The van der Waals surface area contributed by atoms with Crippen molar-refractivity contribution in [3.63, 3.8) is 0 Å². The molecule has 2 aromatic carbocycles. The number of carbonyl (C=O) groups excluding carboxylic acids is 1. The van der Waals surface area contributed by atoms with Crippen LogP contribution in [0.15, 0.2) is 46.9 Å². The van der Waals surface area contributed by atoms with Crippen molar-refractivity contribution >= 4 is 21.8 Å². The van der Waals surface area contributed by atoms with Crippen molar-refractivity contribution in [3.8, 4) is 11.5 Å². The minimum absolute atomic E-state index is 0.0333. The average molecular weight is 418 g/mol. The fourth-order valence-electron chi connectivity index (χ4n) is 2.04. The SMILES string of the molecule is O=C(COc1ccc(Br)cc1F)NCCc1ccccc1OC(F)F. The minimum Gasteiger partial charge on any atom is -0.481 e. The summed E-state index contributed by atoms with van der Waals surface area (Å²) in [5.74, 6) is -0.996. The van der Waals surface area contributed by atoms with Crippen LogP contribution in [0.25, 0.3) is 0 Å². The molecule has 2 aromatic rings. The van der Waals surface area contributed by atoms with Gasteiger partial charge in [0, 0.05) is 11.0 Å². The van der Waals surface area contributed by atoms with Gasteiger partial charge in [0.05, 0.1) is 0 Å². The molecule has 0 saturated carbocycles. The number of benzene rings is 2. The summed E-state index contributed by atoms with van der Waals surface area (Å²) in [6, 6.07) is 10.6. The van der Waals surface area contributed by atoms with E-state index in [0.717, 1.165) is 0 Å². The Balaban J connectivity index is 1.79. The summed E-state index contributed by atoms with van der Waals surface area (Å²) in [4.78, 5) is 11.7. The van der Waals surface area contributed by atoms with Gasteiger partial charge in [0.15, 0.2) is 18.2 Å². The van der Waals surface area contributed by atoms with Crippen LogP contribution in [0.2, 0.25) is 0 Å². The molecule has 2 rings (SSSR count). The van der Waals surface area contributed by atoms with Crippen molar-refractivity contribution in [1.29, 1.82) is 0 Å². The molecule has 0 heterocycles. The van der Waals surface area contributed by atoms with E-state index in [2.05, 4.69) is 26.0 Å². The van der Waals surface area contributed by atoms with Gasteiger partial charge < -0.3 is 14.8 Å². The monoisotopic (exact) mass is 417 g/mol. The number of nitrogens with one attached hydrogen (secondary N) is 1. The highest BCUT2D eigenvalue weighted by molar-refractivity contribution is 9.10. The Kier molecular flexibility index (Phi) is 7.12. The second kappa shape index (κ2) is 9.31. The van der Waals surface area contributed by atoms with Crippen molar-refractivity contribution in [2.75, 3.05) is 13.2 Å². The molecule has 0 aromatic heterocycles. The number of ether oxygens (including phenoxy) is 2. The van der Waals surface area contributed by atoms with Gasteiger partial charge in [-0.1, -0.05) is 34.1 Å². The largest absolute Gasteiger partial charge is 0.481 e. The van der Waals surface area contributed by atoms with Gasteiger partial charge in [0.25, 0.3) is 5.91 Å². The van der Waals surface area contributed by atoms with Crippen molar-refractivity contribution in [3.05, 3.63) is 58.3 Å². The highest BCUT2D eigenvalue weighted by atomic mass is 79.9. The van der Waals surface area contributed by atoms with Crippen LogP contribution >= 0.6 is 15.9 Å². The first-order valence-electron chi connectivity index (χ1n) is 7.33. The molecule has 4 nitrogen and oxygen atoms in total. The Morgan fingerprint density at radius 3 is 2.64 bits per heavy atom. The van der Waals surface area contributed by atoms with E-state index in [4.69, 9.17) is 4.74 Å². The fourth-order valence-corrected chi connectivity index (χ4v) is 2.38. The van der Waals surface area contributed by atoms with E-state index in [9.17, 15) is 18.0 Å². The van der Waals surface area contributed by atoms with E-state index in [0.29, 0.717) is 16.5 Å². The summed E-state index contributed by atoms with van der Waals surface area (Å²) in [6.45, 7) is -3.06. The van der Waals surface area contributed by atoms with Crippen LogP contribution in [0, 0.1) is 5.82 Å². The molecule has 0 aliphatic heterocycles. The third-order valence-corrected chi connectivity index (χ3v) is 3.65. The summed E-state index contributed by atoms with van der Waals surface area (Å²) in [7, 11) is 0. The number of alkyl halides is 2. The average Bonchev–Trinajstić information content (AvgIpc) is 2.55. The molecule has 0 bridgehead atoms. The third-order valence-electron chi connectivity index (χ3n) is 3.16. The Bertz CT molecular complexity index is 728. The summed E-state index contributed by atoms with van der Waals surface area (Å²) in [5, 5.41) is 2.57. The lowest BCUT2D eigenvalue weighted by atomic mass is 10.1. The quantitative estimate of drug-likeness (QED) is 0.707. The zero-order valence-electron chi connectivity index (χ0n) is 13.0. The summed E-state index contributed by atoms with van der Waals surface area (Å²) < 4.78 is 48.3. The Hall–Kier alpha value is -2.22. The van der Waals surface area contributed by atoms with Gasteiger partial charge in [0.2, 0.25) is 0 Å². The number of halogens is 4. The van der Waals surface area contributed by atoms with Crippen LogP contribution in [0.1, 0.15) is 5.56 Å². The number of carbonyl (C=O) groups is 1. The highest BCUT2D eigenvalue weighted by Crippen LogP contribution is 2.22. The molecule has 25 heavy (non-hydrogen) atoms. The number of hydrogen-bond donors (Lipinski definition) is 1. The minimum atomic E-state index is -2.91. The van der Waals surface area contributed by atoms with E-state index >= 15 is 0 Å². The molecule has 0 spiro atoms. The van der Waals surface area contributed by atoms with Crippen molar-refractivity contribution in [2.24, 2.45) is 0 Å². The molecule has 0 fully saturated rings. The number of hydrogen-bond acceptors (Lipinski definition) is 3. The number of amides is 1. The highest BCUT2D eigenvalue weighted by Gasteiger charge is 2.10. The van der Waals surface area contributed by atoms with Crippen molar-refractivity contribution in [2.45, 2.75) is 13.0 Å². The van der Waals surface area contributed by atoms with Gasteiger partial charge in [-0.05, 0) is 36.2 Å². The van der Waals surface area contributed by atoms with Gasteiger partial charge in [-0.2, -0.15) is 8.78 Å². The Labute approximate surface area is 151 Å². The van der Waals surface area contributed by atoms with Crippen molar-refractivity contribution < 1.29 is 27.4 Å². The molecule has 134 valence electrons. The van der Waals surface area contributed by atoms with Crippen LogP contribution in [-0.2, 0) is 11.2 Å². The van der Waals surface area contributed by atoms with E-state index in [1.54, 1.807) is 24.3 Å². The van der Waals surface area contributed by atoms with E-state index in [-0.39, 0.29) is 24.7 Å². The van der Waals surface area contributed by atoms with Crippen LogP contribution < -0.4 is 14.8 Å². The number of rotatable bonds is 8. The molecule has 1 amide bonds. The smallest absolute Gasteiger partial charge is 0.387 e. The molecule has 0 radical (unpaired) electrons. The number of para-hydroxylation sites is 1. The first-order valence-corrected chi connectivity index (χ1v) is 8.12. The van der Waals surface area contributed by atoms with Crippen LogP contribution in [0.3, 0.4) is 0 Å². The standard InChI is InChI=1S/C17H15BrF3NO3/c18-12-5-6-15(13(19)9-12)24-10-16(23)22-8-7-11-3-1-2-4-14(11)25-17(20)21/h1-6,9,17H,7-8,10H2,(H,22,23). The molecular weight excluding hydrogens is 403 g/mol. The Morgan fingerprint density at radius 2 is 1.92 bits per heavy atom. The van der Waals surface area contributed by atoms with Gasteiger partial charge in [0.1, 0.15) is 5.75 Å². The molecule has 8 heteroatoms. The maximum Gasteiger partial charge on any atom is 0.387 e. The zero-order valence-corrected chi connectivity index (χ0v) is 14.6. The lowest BCUT2D eigenvalue weighted by Crippen LogP contribution is -2.30. The maximum atomic E-state index is 13.6. The third kappa shape index (κ3) is 6.30. The molecule has 0 aliphatic rings.